The minimum atomic E-state index is -0.635. The first-order valence-electron chi connectivity index (χ1n) is 5.98. The van der Waals surface area contributed by atoms with Crippen LogP contribution in [-0.4, -0.2) is 14.2 Å². The summed E-state index contributed by atoms with van der Waals surface area (Å²) in [4.78, 5) is 0. The first kappa shape index (κ1) is 16.2. The summed E-state index contributed by atoms with van der Waals surface area (Å²) in [6.45, 7) is 0. The van der Waals surface area contributed by atoms with E-state index in [-0.39, 0.29) is 5.02 Å². The predicted octanol–water partition coefficient (Wildman–Crippen LogP) is 5.48. The molecule has 0 spiro atoms. The van der Waals surface area contributed by atoms with Gasteiger partial charge in [-0.05, 0) is 29.3 Å². The van der Waals surface area contributed by atoms with Crippen LogP contribution in [0.15, 0.2) is 30.3 Å². The van der Waals surface area contributed by atoms with Crippen molar-refractivity contribution in [3.05, 3.63) is 57.3 Å². The second-order valence-corrected chi connectivity index (χ2v) is 5.52. The average molecular weight is 350 g/mol. The monoisotopic (exact) mass is 348 g/mol. The van der Waals surface area contributed by atoms with Gasteiger partial charge < -0.3 is 9.47 Å². The first-order chi connectivity index (χ1) is 9.97. The van der Waals surface area contributed by atoms with Gasteiger partial charge in [0.25, 0.3) is 0 Å². The molecule has 0 fully saturated rings. The van der Waals surface area contributed by atoms with Crippen LogP contribution in [-0.2, 0) is 0 Å². The van der Waals surface area contributed by atoms with Crippen LogP contribution in [0.4, 0.5) is 4.39 Å². The first-order valence-corrected chi connectivity index (χ1v) is 7.17. The fourth-order valence-electron chi connectivity index (χ4n) is 1.91. The summed E-state index contributed by atoms with van der Waals surface area (Å²) in [7, 11) is 3.03. The maximum absolute atomic E-state index is 13.6. The number of benzene rings is 2. The van der Waals surface area contributed by atoms with Gasteiger partial charge in [0.05, 0.1) is 24.6 Å². The second-order valence-electron chi connectivity index (χ2n) is 4.26. The molecular formula is C15H12Cl3FO2. The molecular weight excluding hydrogens is 338 g/mol. The van der Waals surface area contributed by atoms with E-state index >= 15 is 0 Å². The zero-order chi connectivity index (χ0) is 15.6. The minimum absolute atomic E-state index is 0.0426. The summed E-state index contributed by atoms with van der Waals surface area (Å²) in [5, 5.41) is -0.187. The molecule has 0 aliphatic heterocycles. The molecule has 2 aromatic carbocycles. The van der Waals surface area contributed by atoms with Gasteiger partial charge in [-0.25, -0.2) is 4.39 Å². The zero-order valence-corrected chi connectivity index (χ0v) is 13.6. The van der Waals surface area contributed by atoms with E-state index in [1.165, 1.54) is 26.4 Å². The Kier molecular flexibility index (Phi) is 5.20. The number of hydrogen-bond acceptors (Lipinski definition) is 2. The van der Waals surface area contributed by atoms with Gasteiger partial charge in [0.2, 0.25) is 0 Å². The van der Waals surface area contributed by atoms with Crippen molar-refractivity contribution in [2.45, 2.75) is 5.38 Å². The molecule has 6 heteroatoms. The fourth-order valence-corrected chi connectivity index (χ4v) is 2.67. The van der Waals surface area contributed by atoms with Crippen LogP contribution in [0, 0.1) is 5.82 Å². The molecule has 2 nitrogen and oxygen atoms in total. The predicted molar refractivity (Wildman–Crippen MR) is 83.7 cm³/mol. The molecule has 2 rings (SSSR count). The van der Waals surface area contributed by atoms with E-state index in [1.807, 2.05) is 0 Å². The van der Waals surface area contributed by atoms with Gasteiger partial charge in [-0.2, -0.15) is 0 Å². The lowest BCUT2D eigenvalue weighted by Crippen LogP contribution is -1.98. The van der Waals surface area contributed by atoms with Crippen molar-refractivity contribution in [2.75, 3.05) is 14.2 Å². The Hall–Kier alpha value is -1.16. The quantitative estimate of drug-likeness (QED) is 0.681. The highest BCUT2D eigenvalue weighted by Gasteiger charge is 2.19. The van der Waals surface area contributed by atoms with Gasteiger partial charge in [-0.3, -0.25) is 0 Å². The summed E-state index contributed by atoms with van der Waals surface area (Å²) in [5.41, 5.74) is 1.14. The van der Waals surface area contributed by atoms with Crippen molar-refractivity contribution in [3.63, 3.8) is 0 Å². The third kappa shape index (κ3) is 3.37. The van der Waals surface area contributed by atoms with Gasteiger partial charge in [0.15, 0.2) is 11.5 Å². The van der Waals surface area contributed by atoms with Crippen LogP contribution >= 0.6 is 34.8 Å². The van der Waals surface area contributed by atoms with Crippen molar-refractivity contribution in [1.82, 2.24) is 0 Å². The summed E-state index contributed by atoms with van der Waals surface area (Å²) in [5.74, 6) is 0.464. The van der Waals surface area contributed by atoms with Crippen LogP contribution < -0.4 is 9.47 Å². The van der Waals surface area contributed by atoms with Crippen molar-refractivity contribution in [2.24, 2.45) is 0 Å². The number of halogens is 4. The highest BCUT2D eigenvalue weighted by atomic mass is 35.5. The Labute approximate surface area is 137 Å². The molecule has 0 aliphatic rings. The summed E-state index contributed by atoms with van der Waals surface area (Å²) >= 11 is 18.3. The molecule has 0 saturated carbocycles. The molecule has 0 heterocycles. The van der Waals surface area contributed by atoms with Gasteiger partial charge in [0, 0.05) is 11.1 Å². The normalized spacial score (nSPS) is 12.1. The lowest BCUT2D eigenvalue weighted by Gasteiger charge is -2.16. The second kappa shape index (κ2) is 6.73. The Morgan fingerprint density at radius 3 is 2.14 bits per heavy atom. The molecule has 0 bridgehead atoms. The molecule has 21 heavy (non-hydrogen) atoms. The lowest BCUT2D eigenvalue weighted by molar-refractivity contribution is 0.354. The topological polar surface area (TPSA) is 18.5 Å². The van der Waals surface area contributed by atoms with Gasteiger partial charge in [-0.1, -0.05) is 29.3 Å². The molecule has 0 radical (unpaired) electrons. The van der Waals surface area contributed by atoms with Crippen molar-refractivity contribution < 1.29 is 13.9 Å². The highest BCUT2D eigenvalue weighted by Crippen LogP contribution is 2.40. The molecule has 2 aromatic rings. The standard InChI is InChI=1S/C15H12Cl3FO2/c1-20-13-6-9(11(17)7-14(13)21-2)15(18)8-3-4-10(16)12(19)5-8/h3-7,15H,1-2H3. The number of ether oxygens (including phenoxy) is 2. The van der Waals surface area contributed by atoms with E-state index in [0.717, 1.165) is 0 Å². The van der Waals surface area contributed by atoms with Crippen LogP contribution in [0.5, 0.6) is 11.5 Å². The van der Waals surface area contributed by atoms with E-state index in [4.69, 9.17) is 44.3 Å². The summed E-state index contributed by atoms with van der Waals surface area (Å²) in [6, 6.07) is 7.67. The zero-order valence-electron chi connectivity index (χ0n) is 11.3. The molecule has 0 aromatic heterocycles. The molecule has 0 aliphatic carbocycles. The van der Waals surface area contributed by atoms with Gasteiger partial charge in [-0.15, -0.1) is 11.6 Å². The average Bonchev–Trinajstić information content (AvgIpc) is 2.49. The SMILES string of the molecule is COc1cc(Cl)c(C(Cl)c2ccc(Cl)c(F)c2)cc1OC. The molecule has 1 atom stereocenters. The van der Waals surface area contributed by atoms with Gasteiger partial charge in [0.1, 0.15) is 5.82 Å². The van der Waals surface area contributed by atoms with Crippen molar-refractivity contribution in [3.8, 4) is 11.5 Å². The van der Waals surface area contributed by atoms with E-state index in [9.17, 15) is 4.39 Å². The fraction of sp³-hybridized carbons (Fsp3) is 0.200. The van der Waals surface area contributed by atoms with Gasteiger partial charge >= 0.3 is 0 Å². The third-order valence-electron chi connectivity index (χ3n) is 3.01. The minimum Gasteiger partial charge on any atom is -0.493 e. The van der Waals surface area contributed by atoms with E-state index in [0.29, 0.717) is 27.6 Å². The third-order valence-corrected chi connectivity index (χ3v) is 4.13. The maximum atomic E-state index is 13.6. The van der Waals surface area contributed by atoms with Crippen molar-refractivity contribution in [1.29, 1.82) is 0 Å². The Morgan fingerprint density at radius 1 is 0.952 bits per heavy atom. The highest BCUT2D eigenvalue weighted by molar-refractivity contribution is 6.33. The Morgan fingerprint density at radius 2 is 1.57 bits per heavy atom. The van der Waals surface area contributed by atoms with Crippen molar-refractivity contribution >= 4 is 34.8 Å². The number of methoxy groups -OCH3 is 2. The number of hydrogen-bond donors (Lipinski definition) is 0. The molecule has 0 amide bonds. The largest absolute Gasteiger partial charge is 0.493 e. The molecule has 0 N–H and O–H groups in total. The Balaban J connectivity index is 2.47. The molecule has 112 valence electrons. The summed E-state index contributed by atoms with van der Waals surface area (Å²) < 4.78 is 23.9. The number of alkyl halides is 1. The van der Waals surface area contributed by atoms with E-state index < -0.39 is 11.2 Å². The lowest BCUT2D eigenvalue weighted by atomic mass is 10.0. The van der Waals surface area contributed by atoms with E-state index in [1.54, 1.807) is 18.2 Å². The summed E-state index contributed by atoms with van der Waals surface area (Å²) in [6.07, 6.45) is 0. The van der Waals surface area contributed by atoms with E-state index in [2.05, 4.69) is 0 Å². The molecule has 0 saturated heterocycles. The smallest absolute Gasteiger partial charge is 0.162 e. The Bertz CT molecular complexity index is 662. The van der Waals surface area contributed by atoms with Crippen LogP contribution in [0.2, 0.25) is 10.0 Å². The number of rotatable bonds is 4. The molecule has 1 unspecified atom stereocenters. The van der Waals surface area contributed by atoms with Crippen LogP contribution in [0.3, 0.4) is 0 Å². The van der Waals surface area contributed by atoms with Crippen LogP contribution in [0.1, 0.15) is 16.5 Å². The maximum Gasteiger partial charge on any atom is 0.162 e. The van der Waals surface area contributed by atoms with Crippen LogP contribution in [0.25, 0.3) is 0 Å².